The summed E-state index contributed by atoms with van der Waals surface area (Å²) in [5, 5.41) is 21.6. The van der Waals surface area contributed by atoms with Crippen molar-refractivity contribution < 1.29 is 9.90 Å². The lowest BCUT2D eigenvalue weighted by Crippen LogP contribution is -2.46. The van der Waals surface area contributed by atoms with Crippen LogP contribution in [0.25, 0.3) is 22.3 Å². The zero-order valence-electron chi connectivity index (χ0n) is 18.2. The van der Waals surface area contributed by atoms with Crippen LogP contribution in [0.4, 0.5) is 0 Å². The Hall–Kier alpha value is -3.71. The fraction of sp³-hybridized carbons (Fsp3) is 0.269. The van der Waals surface area contributed by atoms with Gasteiger partial charge in [0.1, 0.15) is 5.75 Å². The molecule has 2 atom stereocenters. The SMILES string of the molecule is O=C(c1cc(-c2ccc(O)cc2)nc2n[nH]c(C3CC3c3ccccc3)c12)N1CCNCC1. The molecule has 1 aliphatic carbocycles. The van der Waals surface area contributed by atoms with E-state index in [0.29, 0.717) is 41.8 Å². The van der Waals surface area contributed by atoms with Gasteiger partial charge in [0.15, 0.2) is 5.65 Å². The Morgan fingerprint density at radius 1 is 1.00 bits per heavy atom. The molecule has 0 radical (unpaired) electrons. The van der Waals surface area contributed by atoms with Crippen LogP contribution in [0.2, 0.25) is 0 Å². The minimum absolute atomic E-state index is 0.0171. The molecular weight excluding hydrogens is 414 g/mol. The maximum atomic E-state index is 13.7. The molecule has 6 rings (SSSR count). The first-order chi connectivity index (χ1) is 16.2. The summed E-state index contributed by atoms with van der Waals surface area (Å²) in [7, 11) is 0. The summed E-state index contributed by atoms with van der Waals surface area (Å²) in [6, 6.07) is 19.3. The van der Waals surface area contributed by atoms with E-state index < -0.39 is 0 Å². The average molecular weight is 440 g/mol. The van der Waals surface area contributed by atoms with Crippen molar-refractivity contribution in [2.75, 3.05) is 26.2 Å². The molecule has 0 spiro atoms. The van der Waals surface area contributed by atoms with Crippen LogP contribution in [0.1, 0.15) is 39.9 Å². The van der Waals surface area contributed by atoms with Gasteiger partial charge >= 0.3 is 0 Å². The van der Waals surface area contributed by atoms with Crippen molar-refractivity contribution in [1.82, 2.24) is 25.4 Å². The lowest BCUT2D eigenvalue weighted by molar-refractivity contribution is 0.0737. The number of nitrogens with zero attached hydrogens (tertiary/aromatic N) is 3. The van der Waals surface area contributed by atoms with E-state index in [2.05, 4.69) is 39.8 Å². The smallest absolute Gasteiger partial charge is 0.254 e. The van der Waals surface area contributed by atoms with Crippen LogP contribution < -0.4 is 5.32 Å². The van der Waals surface area contributed by atoms with Gasteiger partial charge in [-0.25, -0.2) is 4.98 Å². The third kappa shape index (κ3) is 3.64. The summed E-state index contributed by atoms with van der Waals surface area (Å²) in [6.45, 7) is 2.95. The number of hydrogen-bond acceptors (Lipinski definition) is 5. The summed E-state index contributed by atoms with van der Waals surface area (Å²) in [5.74, 6) is 0.935. The second-order valence-corrected chi connectivity index (χ2v) is 8.84. The zero-order chi connectivity index (χ0) is 22.4. The molecule has 2 aromatic heterocycles. The van der Waals surface area contributed by atoms with E-state index in [0.717, 1.165) is 36.2 Å². The molecule has 1 aliphatic heterocycles. The molecule has 1 amide bonds. The fourth-order valence-electron chi connectivity index (χ4n) is 4.89. The summed E-state index contributed by atoms with van der Waals surface area (Å²) in [4.78, 5) is 20.4. The summed E-state index contributed by atoms with van der Waals surface area (Å²) >= 11 is 0. The van der Waals surface area contributed by atoms with Gasteiger partial charge in [0.25, 0.3) is 5.91 Å². The largest absolute Gasteiger partial charge is 0.508 e. The highest BCUT2D eigenvalue weighted by Crippen LogP contribution is 2.55. The van der Waals surface area contributed by atoms with Crippen molar-refractivity contribution in [3.05, 3.63) is 77.5 Å². The lowest BCUT2D eigenvalue weighted by atomic mass is 10.0. The highest BCUT2D eigenvalue weighted by Gasteiger charge is 2.42. The number of H-pyrrole nitrogens is 1. The third-order valence-corrected chi connectivity index (χ3v) is 6.74. The Bertz CT molecular complexity index is 1310. The number of amides is 1. The lowest BCUT2D eigenvalue weighted by Gasteiger charge is -2.27. The maximum Gasteiger partial charge on any atom is 0.254 e. The number of carbonyl (C=O) groups is 1. The summed E-state index contributed by atoms with van der Waals surface area (Å²) < 4.78 is 0. The Kier molecular flexibility index (Phi) is 4.84. The quantitative estimate of drug-likeness (QED) is 0.451. The van der Waals surface area contributed by atoms with Crippen LogP contribution in [-0.2, 0) is 0 Å². The van der Waals surface area contributed by atoms with Crippen molar-refractivity contribution in [1.29, 1.82) is 0 Å². The predicted molar refractivity (Wildman–Crippen MR) is 126 cm³/mol. The van der Waals surface area contributed by atoms with Crippen molar-refractivity contribution in [2.45, 2.75) is 18.3 Å². The number of nitrogens with one attached hydrogen (secondary N) is 2. The minimum atomic E-state index is 0.0171. The number of fused-ring (bicyclic) bond motifs is 1. The molecule has 3 heterocycles. The van der Waals surface area contributed by atoms with Gasteiger partial charge in [-0.3, -0.25) is 9.89 Å². The van der Waals surface area contributed by atoms with Gasteiger partial charge in [0.05, 0.1) is 16.6 Å². The molecule has 4 aromatic rings. The molecule has 2 aliphatic rings. The van der Waals surface area contributed by atoms with Crippen LogP contribution in [-0.4, -0.2) is 57.3 Å². The number of rotatable bonds is 4. The van der Waals surface area contributed by atoms with E-state index in [-0.39, 0.29) is 11.7 Å². The maximum absolute atomic E-state index is 13.7. The topological polar surface area (TPSA) is 94.1 Å². The summed E-state index contributed by atoms with van der Waals surface area (Å²) in [6.07, 6.45) is 1.03. The molecule has 166 valence electrons. The minimum Gasteiger partial charge on any atom is -0.508 e. The predicted octanol–water partition coefficient (Wildman–Crippen LogP) is 3.65. The van der Waals surface area contributed by atoms with Gasteiger partial charge in [0.2, 0.25) is 0 Å². The normalized spacial score (nSPS) is 20.2. The molecule has 7 heteroatoms. The van der Waals surface area contributed by atoms with Crippen molar-refractivity contribution >= 4 is 16.9 Å². The van der Waals surface area contributed by atoms with E-state index in [4.69, 9.17) is 4.98 Å². The number of carbonyl (C=O) groups excluding carboxylic acids is 1. The second-order valence-electron chi connectivity index (χ2n) is 8.84. The van der Waals surface area contributed by atoms with Gasteiger partial charge in [-0.2, -0.15) is 5.10 Å². The van der Waals surface area contributed by atoms with Gasteiger partial charge in [0, 0.05) is 43.4 Å². The number of piperazine rings is 1. The zero-order valence-corrected chi connectivity index (χ0v) is 18.2. The van der Waals surface area contributed by atoms with Crippen LogP contribution in [0.5, 0.6) is 5.75 Å². The van der Waals surface area contributed by atoms with Crippen LogP contribution >= 0.6 is 0 Å². The Balaban J connectivity index is 1.45. The summed E-state index contributed by atoms with van der Waals surface area (Å²) in [5.41, 5.74) is 5.04. The number of aromatic nitrogens is 3. The second kappa shape index (κ2) is 8.01. The standard InChI is InChI=1S/C26H25N5O2/c32-18-8-6-17(7-9-18)22-15-21(26(33)31-12-10-27-11-13-31)23-24(29-30-25(23)28-22)20-14-19(20)16-4-2-1-3-5-16/h1-9,15,19-20,27,32H,10-14H2,(H,28,29,30). The van der Waals surface area contributed by atoms with E-state index in [9.17, 15) is 9.90 Å². The molecular formula is C26H25N5O2. The number of phenols is 1. The van der Waals surface area contributed by atoms with Gasteiger partial charge in [-0.05, 0) is 48.2 Å². The van der Waals surface area contributed by atoms with Crippen LogP contribution in [0, 0.1) is 0 Å². The number of aromatic amines is 1. The molecule has 2 fully saturated rings. The van der Waals surface area contributed by atoms with Gasteiger partial charge < -0.3 is 15.3 Å². The molecule has 2 unspecified atom stereocenters. The molecule has 7 nitrogen and oxygen atoms in total. The van der Waals surface area contributed by atoms with Crippen LogP contribution in [0.3, 0.4) is 0 Å². The van der Waals surface area contributed by atoms with Crippen molar-refractivity contribution in [3.8, 4) is 17.0 Å². The average Bonchev–Trinajstić information content (AvgIpc) is 3.55. The first-order valence-electron chi connectivity index (χ1n) is 11.4. The third-order valence-electron chi connectivity index (χ3n) is 6.74. The van der Waals surface area contributed by atoms with Crippen molar-refractivity contribution in [2.24, 2.45) is 0 Å². The molecule has 1 saturated carbocycles. The van der Waals surface area contributed by atoms with Gasteiger partial charge in [-0.1, -0.05) is 30.3 Å². The van der Waals surface area contributed by atoms with E-state index in [1.807, 2.05) is 29.2 Å². The number of aromatic hydroxyl groups is 1. The first-order valence-corrected chi connectivity index (χ1v) is 11.4. The van der Waals surface area contributed by atoms with Gasteiger partial charge in [-0.15, -0.1) is 0 Å². The number of phenolic OH excluding ortho intramolecular Hbond substituents is 1. The Labute approximate surface area is 191 Å². The molecule has 0 bridgehead atoms. The number of benzene rings is 2. The highest BCUT2D eigenvalue weighted by atomic mass is 16.3. The highest BCUT2D eigenvalue weighted by molar-refractivity contribution is 6.07. The van der Waals surface area contributed by atoms with E-state index in [1.54, 1.807) is 12.1 Å². The van der Waals surface area contributed by atoms with E-state index >= 15 is 0 Å². The van der Waals surface area contributed by atoms with Crippen LogP contribution in [0.15, 0.2) is 60.7 Å². The van der Waals surface area contributed by atoms with Crippen molar-refractivity contribution in [3.63, 3.8) is 0 Å². The molecule has 1 saturated heterocycles. The molecule has 3 N–H and O–H groups in total. The molecule has 33 heavy (non-hydrogen) atoms. The first kappa shape index (κ1) is 19.9. The monoisotopic (exact) mass is 439 g/mol. The number of pyridine rings is 1. The molecule has 2 aromatic carbocycles. The fourth-order valence-corrected chi connectivity index (χ4v) is 4.89. The Morgan fingerprint density at radius 3 is 2.52 bits per heavy atom. The number of hydrogen-bond donors (Lipinski definition) is 3. The Morgan fingerprint density at radius 2 is 1.76 bits per heavy atom. The van der Waals surface area contributed by atoms with E-state index in [1.165, 1.54) is 5.56 Å².